The first kappa shape index (κ1) is 10.2. The molecular formula is C11H20IN. The standard InChI is InChI=1S/C11H20IN/c1-2-10-8-11(4-3-5-11)6-7-13(12)9-10/h10H,2-9H2,1H3/t10-/m1/s1. The van der Waals surface area contributed by atoms with Crippen LogP contribution in [0, 0.1) is 11.3 Å². The Bertz CT molecular complexity index is 177. The molecule has 2 heteroatoms. The zero-order valence-electron chi connectivity index (χ0n) is 8.56. The van der Waals surface area contributed by atoms with Crippen LogP contribution < -0.4 is 0 Å². The number of hydrogen-bond donors (Lipinski definition) is 0. The molecule has 1 nitrogen and oxygen atoms in total. The van der Waals surface area contributed by atoms with Crippen molar-refractivity contribution in [3.63, 3.8) is 0 Å². The topological polar surface area (TPSA) is 3.24 Å². The molecule has 0 unspecified atom stereocenters. The van der Waals surface area contributed by atoms with Crippen molar-refractivity contribution in [1.82, 2.24) is 3.11 Å². The van der Waals surface area contributed by atoms with Crippen LogP contribution in [0.1, 0.15) is 45.4 Å². The van der Waals surface area contributed by atoms with E-state index in [-0.39, 0.29) is 0 Å². The fourth-order valence-corrected chi connectivity index (χ4v) is 3.71. The quantitative estimate of drug-likeness (QED) is 0.527. The second-order valence-corrected chi connectivity index (χ2v) is 6.32. The van der Waals surface area contributed by atoms with Crippen LogP contribution in [0.3, 0.4) is 0 Å². The van der Waals surface area contributed by atoms with Crippen molar-refractivity contribution < 1.29 is 0 Å². The predicted octanol–water partition coefficient (Wildman–Crippen LogP) is 3.63. The highest BCUT2D eigenvalue weighted by Crippen LogP contribution is 2.50. The van der Waals surface area contributed by atoms with Gasteiger partial charge < -0.3 is 0 Å². The van der Waals surface area contributed by atoms with Gasteiger partial charge in [0.05, 0.1) is 0 Å². The summed E-state index contributed by atoms with van der Waals surface area (Å²) in [6, 6.07) is 0. The van der Waals surface area contributed by atoms with E-state index < -0.39 is 0 Å². The summed E-state index contributed by atoms with van der Waals surface area (Å²) < 4.78 is 2.51. The normalized spacial score (nSPS) is 34.2. The second kappa shape index (κ2) is 4.05. The molecule has 0 aromatic rings. The summed E-state index contributed by atoms with van der Waals surface area (Å²) in [4.78, 5) is 0. The van der Waals surface area contributed by atoms with Crippen LogP contribution >= 0.6 is 22.9 Å². The lowest BCUT2D eigenvalue weighted by Crippen LogP contribution is -2.31. The summed E-state index contributed by atoms with van der Waals surface area (Å²) in [7, 11) is 0. The molecule has 2 aliphatic rings. The zero-order chi connectivity index (χ0) is 9.31. The predicted molar refractivity (Wildman–Crippen MR) is 64.9 cm³/mol. The Kier molecular flexibility index (Phi) is 3.18. The van der Waals surface area contributed by atoms with Gasteiger partial charge in [0.25, 0.3) is 0 Å². The van der Waals surface area contributed by atoms with E-state index in [1.807, 2.05) is 0 Å². The average Bonchev–Trinajstić information content (AvgIpc) is 2.23. The van der Waals surface area contributed by atoms with E-state index in [9.17, 15) is 0 Å². The largest absolute Gasteiger partial charge is 0.247 e. The Labute approximate surface area is 95.8 Å². The molecule has 76 valence electrons. The Morgan fingerprint density at radius 3 is 2.69 bits per heavy atom. The Hall–Kier alpha value is 0.690. The molecule has 0 N–H and O–H groups in total. The van der Waals surface area contributed by atoms with Crippen LogP contribution in [0.15, 0.2) is 0 Å². The van der Waals surface area contributed by atoms with Crippen molar-refractivity contribution >= 4 is 22.9 Å². The molecule has 1 heterocycles. The highest BCUT2D eigenvalue weighted by atomic mass is 127. The van der Waals surface area contributed by atoms with Crippen molar-refractivity contribution in [3.05, 3.63) is 0 Å². The fourth-order valence-electron chi connectivity index (χ4n) is 2.91. The van der Waals surface area contributed by atoms with Crippen molar-refractivity contribution in [2.24, 2.45) is 11.3 Å². The molecule has 1 aliphatic carbocycles. The molecule has 0 bridgehead atoms. The molecule has 1 spiro atoms. The Morgan fingerprint density at radius 1 is 1.38 bits per heavy atom. The molecule has 0 aromatic heterocycles. The minimum absolute atomic E-state index is 0.792. The van der Waals surface area contributed by atoms with Crippen LogP contribution in [0.2, 0.25) is 0 Å². The van der Waals surface area contributed by atoms with Gasteiger partial charge >= 0.3 is 0 Å². The third-order valence-electron chi connectivity index (χ3n) is 4.05. The molecule has 0 radical (unpaired) electrons. The van der Waals surface area contributed by atoms with Gasteiger partial charge in [-0.25, -0.2) is 3.11 Å². The second-order valence-electron chi connectivity index (χ2n) is 4.95. The summed E-state index contributed by atoms with van der Waals surface area (Å²) >= 11 is 2.51. The number of nitrogens with zero attached hydrogens (tertiary/aromatic N) is 1. The number of halogens is 1. The SMILES string of the molecule is CC[C@H]1CN(I)CCC2(CCC2)C1. The van der Waals surface area contributed by atoms with E-state index in [0.717, 1.165) is 11.3 Å². The van der Waals surface area contributed by atoms with E-state index >= 15 is 0 Å². The van der Waals surface area contributed by atoms with Gasteiger partial charge in [-0.1, -0.05) is 19.8 Å². The molecule has 0 amide bonds. The monoisotopic (exact) mass is 293 g/mol. The molecular weight excluding hydrogens is 273 g/mol. The van der Waals surface area contributed by atoms with Crippen molar-refractivity contribution in [2.75, 3.05) is 13.1 Å². The van der Waals surface area contributed by atoms with Crippen LogP contribution in [-0.4, -0.2) is 16.2 Å². The molecule has 13 heavy (non-hydrogen) atoms. The molecule has 1 aliphatic heterocycles. The third kappa shape index (κ3) is 2.20. The van der Waals surface area contributed by atoms with Crippen molar-refractivity contribution in [1.29, 1.82) is 0 Å². The molecule has 1 atom stereocenters. The average molecular weight is 293 g/mol. The lowest BCUT2D eigenvalue weighted by molar-refractivity contribution is 0.0950. The van der Waals surface area contributed by atoms with E-state index in [0.29, 0.717) is 0 Å². The number of hydrogen-bond acceptors (Lipinski definition) is 1. The van der Waals surface area contributed by atoms with Crippen LogP contribution in [-0.2, 0) is 0 Å². The molecule has 2 fully saturated rings. The first-order valence-corrected chi connectivity index (χ1v) is 6.61. The maximum atomic E-state index is 2.51. The summed E-state index contributed by atoms with van der Waals surface area (Å²) in [6.45, 7) is 5.02. The molecule has 1 saturated heterocycles. The summed E-state index contributed by atoms with van der Waals surface area (Å²) in [5.74, 6) is 0.972. The first-order valence-electron chi connectivity index (χ1n) is 5.65. The highest BCUT2D eigenvalue weighted by Gasteiger charge is 2.40. The van der Waals surface area contributed by atoms with E-state index in [1.165, 1.54) is 51.6 Å². The summed E-state index contributed by atoms with van der Waals surface area (Å²) in [5.41, 5.74) is 0.792. The van der Waals surface area contributed by atoms with Gasteiger partial charge in [-0.15, -0.1) is 0 Å². The van der Waals surface area contributed by atoms with E-state index in [4.69, 9.17) is 0 Å². The lowest BCUT2D eigenvalue weighted by Gasteiger charge is -2.42. The minimum atomic E-state index is 0.792. The number of rotatable bonds is 1. The molecule has 2 rings (SSSR count). The van der Waals surface area contributed by atoms with Gasteiger partial charge in [0.2, 0.25) is 0 Å². The molecule has 1 saturated carbocycles. The van der Waals surface area contributed by atoms with Gasteiger partial charge in [-0.2, -0.15) is 0 Å². The third-order valence-corrected chi connectivity index (χ3v) is 4.93. The van der Waals surface area contributed by atoms with Gasteiger partial charge in [-0.05, 0) is 37.0 Å². The van der Waals surface area contributed by atoms with Gasteiger partial charge in [0.1, 0.15) is 0 Å². The van der Waals surface area contributed by atoms with E-state index in [2.05, 4.69) is 32.9 Å². The van der Waals surface area contributed by atoms with Crippen LogP contribution in [0.25, 0.3) is 0 Å². The van der Waals surface area contributed by atoms with Crippen LogP contribution in [0.4, 0.5) is 0 Å². The van der Waals surface area contributed by atoms with Gasteiger partial charge in [0.15, 0.2) is 0 Å². The highest BCUT2D eigenvalue weighted by molar-refractivity contribution is 14.1. The zero-order valence-corrected chi connectivity index (χ0v) is 10.7. The Morgan fingerprint density at radius 2 is 2.15 bits per heavy atom. The fraction of sp³-hybridized carbons (Fsp3) is 1.00. The van der Waals surface area contributed by atoms with Crippen molar-refractivity contribution in [2.45, 2.75) is 45.4 Å². The van der Waals surface area contributed by atoms with Gasteiger partial charge in [0, 0.05) is 36.0 Å². The van der Waals surface area contributed by atoms with E-state index in [1.54, 1.807) is 0 Å². The molecule has 0 aromatic carbocycles. The lowest BCUT2D eigenvalue weighted by atomic mass is 9.63. The summed E-state index contributed by atoms with van der Waals surface area (Å²) in [5, 5.41) is 0. The van der Waals surface area contributed by atoms with Gasteiger partial charge in [-0.3, -0.25) is 0 Å². The smallest absolute Gasteiger partial charge is 0.0201 e. The first-order chi connectivity index (χ1) is 6.24. The maximum Gasteiger partial charge on any atom is 0.0201 e. The summed E-state index contributed by atoms with van der Waals surface area (Å²) in [6.07, 6.45) is 8.90. The van der Waals surface area contributed by atoms with Crippen LogP contribution in [0.5, 0.6) is 0 Å². The van der Waals surface area contributed by atoms with Crippen molar-refractivity contribution in [3.8, 4) is 0 Å². The maximum absolute atomic E-state index is 2.51. The minimum Gasteiger partial charge on any atom is -0.247 e. The Balaban J connectivity index is 1.99.